The molecule has 1 rings (SSSR count). The Bertz CT molecular complexity index is 586. The van der Waals surface area contributed by atoms with Crippen LogP contribution in [0.3, 0.4) is 0 Å². The third-order valence-electron chi connectivity index (χ3n) is 2.92. The van der Waals surface area contributed by atoms with E-state index in [1.54, 1.807) is 12.1 Å². The Kier molecular flexibility index (Phi) is 5.85. The number of rotatable bonds is 5. The SMILES string of the molecule is C=C\N=C(C)/C(=C/C(=C\C)c1ccc(F)cc1)C(=C)C. The van der Waals surface area contributed by atoms with E-state index in [9.17, 15) is 4.39 Å². The second-order valence-corrected chi connectivity index (χ2v) is 4.49. The Morgan fingerprint density at radius 3 is 2.25 bits per heavy atom. The van der Waals surface area contributed by atoms with E-state index in [0.29, 0.717) is 0 Å². The molecule has 0 atom stereocenters. The molecule has 0 saturated heterocycles. The maximum Gasteiger partial charge on any atom is 0.123 e. The van der Waals surface area contributed by atoms with Crippen molar-refractivity contribution < 1.29 is 4.39 Å². The summed E-state index contributed by atoms with van der Waals surface area (Å²) in [6.45, 7) is 13.4. The Morgan fingerprint density at radius 1 is 1.20 bits per heavy atom. The molecule has 0 aliphatic heterocycles. The number of hydrogen-bond donors (Lipinski definition) is 0. The molecule has 1 aromatic rings. The molecule has 104 valence electrons. The van der Waals surface area contributed by atoms with E-state index in [1.165, 1.54) is 18.3 Å². The maximum atomic E-state index is 13.0. The van der Waals surface area contributed by atoms with E-state index < -0.39 is 0 Å². The lowest BCUT2D eigenvalue weighted by atomic mass is 9.97. The van der Waals surface area contributed by atoms with Gasteiger partial charge < -0.3 is 0 Å². The summed E-state index contributed by atoms with van der Waals surface area (Å²) in [6, 6.07) is 6.43. The lowest BCUT2D eigenvalue weighted by Crippen LogP contribution is -1.99. The predicted molar refractivity (Wildman–Crippen MR) is 86.3 cm³/mol. The normalized spacial score (nSPS) is 13.3. The van der Waals surface area contributed by atoms with E-state index in [2.05, 4.69) is 18.2 Å². The minimum absolute atomic E-state index is 0.238. The summed E-state index contributed by atoms with van der Waals surface area (Å²) in [7, 11) is 0. The average Bonchev–Trinajstić information content (AvgIpc) is 2.41. The van der Waals surface area contributed by atoms with Gasteiger partial charge in [0.15, 0.2) is 0 Å². The number of allylic oxidation sites excluding steroid dienone is 5. The van der Waals surface area contributed by atoms with Crippen LogP contribution in [0.1, 0.15) is 26.3 Å². The van der Waals surface area contributed by atoms with Crippen LogP contribution in [0.15, 0.2) is 71.9 Å². The fraction of sp³-hybridized carbons (Fsp3) is 0.167. The number of halogens is 1. The van der Waals surface area contributed by atoms with Gasteiger partial charge in [-0.3, -0.25) is 4.99 Å². The second kappa shape index (κ2) is 7.39. The number of benzene rings is 1. The summed E-state index contributed by atoms with van der Waals surface area (Å²) >= 11 is 0. The van der Waals surface area contributed by atoms with Crippen molar-refractivity contribution in [2.24, 2.45) is 4.99 Å². The first-order chi connectivity index (χ1) is 9.49. The molecule has 0 heterocycles. The molecule has 0 saturated carbocycles. The van der Waals surface area contributed by atoms with Gasteiger partial charge in [-0.2, -0.15) is 0 Å². The van der Waals surface area contributed by atoms with Crippen molar-refractivity contribution in [3.8, 4) is 0 Å². The van der Waals surface area contributed by atoms with Crippen LogP contribution in [0.4, 0.5) is 4.39 Å². The van der Waals surface area contributed by atoms with Crippen LogP contribution in [0.25, 0.3) is 5.57 Å². The topological polar surface area (TPSA) is 12.4 Å². The minimum Gasteiger partial charge on any atom is -0.262 e. The molecule has 0 bridgehead atoms. The van der Waals surface area contributed by atoms with Gasteiger partial charge in [0, 0.05) is 11.9 Å². The van der Waals surface area contributed by atoms with E-state index in [0.717, 1.165) is 28.0 Å². The lowest BCUT2D eigenvalue weighted by Gasteiger charge is -2.09. The lowest BCUT2D eigenvalue weighted by molar-refractivity contribution is 0.627. The molecule has 0 aromatic heterocycles. The van der Waals surface area contributed by atoms with Crippen LogP contribution in [-0.2, 0) is 0 Å². The van der Waals surface area contributed by atoms with Crippen LogP contribution >= 0.6 is 0 Å². The predicted octanol–water partition coefficient (Wildman–Crippen LogP) is 5.34. The van der Waals surface area contributed by atoms with Crippen molar-refractivity contribution in [2.45, 2.75) is 20.8 Å². The quantitative estimate of drug-likeness (QED) is 0.505. The average molecular weight is 269 g/mol. The number of nitrogens with zero attached hydrogens (tertiary/aromatic N) is 1. The summed E-state index contributed by atoms with van der Waals surface area (Å²) in [5.41, 5.74) is 4.70. The van der Waals surface area contributed by atoms with Crippen LogP contribution in [-0.4, -0.2) is 5.71 Å². The van der Waals surface area contributed by atoms with Gasteiger partial charge >= 0.3 is 0 Å². The standard InChI is InChI=1S/C18H20FN/c1-6-15(16-8-10-17(19)11-9-16)12-18(13(3)4)14(5)20-7-2/h6-12H,2-3H2,1,4-5H3/b15-6+,18-12+,20-14-. The second-order valence-electron chi connectivity index (χ2n) is 4.49. The van der Waals surface area contributed by atoms with Gasteiger partial charge in [-0.05, 0) is 61.3 Å². The minimum atomic E-state index is -0.238. The molecule has 0 fully saturated rings. The molecule has 0 amide bonds. The Morgan fingerprint density at radius 2 is 1.80 bits per heavy atom. The molecule has 1 aromatic carbocycles. The molecule has 0 radical (unpaired) electrons. The van der Waals surface area contributed by atoms with Gasteiger partial charge in [0.05, 0.1) is 0 Å². The van der Waals surface area contributed by atoms with Crippen molar-refractivity contribution in [1.29, 1.82) is 0 Å². The van der Waals surface area contributed by atoms with Crippen molar-refractivity contribution in [2.75, 3.05) is 0 Å². The molecular weight excluding hydrogens is 249 g/mol. The van der Waals surface area contributed by atoms with Gasteiger partial charge in [0.1, 0.15) is 5.82 Å². The first kappa shape index (κ1) is 15.8. The smallest absolute Gasteiger partial charge is 0.123 e. The van der Waals surface area contributed by atoms with Gasteiger partial charge in [0.2, 0.25) is 0 Å². The molecule has 0 unspecified atom stereocenters. The largest absolute Gasteiger partial charge is 0.262 e. The molecule has 2 heteroatoms. The molecule has 0 N–H and O–H groups in total. The van der Waals surface area contributed by atoms with E-state index >= 15 is 0 Å². The highest BCUT2D eigenvalue weighted by atomic mass is 19.1. The number of aliphatic imine (C=N–C) groups is 1. The highest BCUT2D eigenvalue weighted by Gasteiger charge is 2.05. The number of hydrogen-bond acceptors (Lipinski definition) is 1. The molecule has 0 aliphatic carbocycles. The van der Waals surface area contributed by atoms with Gasteiger partial charge in [0.25, 0.3) is 0 Å². The Balaban J connectivity index is 3.26. The summed E-state index contributed by atoms with van der Waals surface area (Å²) in [6.07, 6.45) is 5.51. The van der Waals surface area contributed by atoms with Crippen LogP contribution in [0.2, 0.25) is 0 Å². The van der Waals surface area contributed by atoms with Gasteiger partial charge in [-0.1, -0.05) is 31.4 Å². The highest BCUT2D eigenvalue weighted by molar-refractivity contribution is 6.04. The van der Waals surface area contributed by atoms with Gasteiger partial charge in [-0.15, -0.1) is 0 Å². The van der Waals surface area contributed by atoms with Crippen LogP contribution in [0, 0.1) is 5.82 Å². The molecule has 20 heavy (non-hydrogen) atoms. The summed E-state index contributed by atoms with van der Waals surface area (Å²) in [4.78, 5) is 4.21. The fourth-order valence-corrected chi connectivity index (χ4v) is 1.87. The van der Waals surface area contributed by atoms with Crippen molar-refractivity contribution in [1.82, 2.24) is 0 Å². The Labute approximate surface area is 120 Å². The highest BCUT2D eigenvalue weighted by Crippen LogP contribution is 2.21. The maximum absolute atomic E-state index is 13.0. The first-order valence-electron chi connectivity index (χ1n) is 6.45. The zero-order valence-corrected chi connectivity index (χ0v) is 12.3. The van der Waals surface area contributed by atoms with Crippen molar-refractivity contribution in [3.63, 3.8) is 0 Å². The molecule has 0 spiro atoms. The molecule has 1 nitrogen and oxygen atoms in total. The zero-order valence-electron chi connectivity index (χ0n) is 12.3. The molecular formula is C18H20FN. The molecule has 0 aliphatic rings. The third kappa shape index (κ3) is 4.16. The van der Waals surface area contributed by atoms with E-state index in [1.807, 2.05) is 32.9 Å². The fourth-order valence-electron chi connectivity index (χ4n) is 1.87. The van der Waals surface area contributed by atoms with Crippen LogP contribution < -0.4 is 0 Å². The summed E-state index contributed by atoms with van der Waals surface area (Å²) in [5, 5.41) is 0. The van der Waals surface area contributed by atoms with Crippen molar-refractivity contribution >= 4 is 11.3 Å². The first-order valence-corrected chi connectivity index (χ1v) is 6.45. The van der Waals surface area contributed by atoms with Crippen LogP contribution in [0.5, 0.6) is 0 Å². The summed E-state index contributed by atoms with van der Waals surface area (Å²) in [5.74, 6) is -0.238. The zero-order chi connectivity index (χ0) is 15.1. The monoisotopic (exact) mass is 269 g/mol. The van der Waals surface area contributed by atoms with Gasteiger partial charge in [-0.25, -0.2) is 4.39 Å². The Hall–Kier alpha value is -2.22. The third-order valence-corrected chi connectivity index (χ3v) is 2.92. The van der Waals surface area contributed by atoms with E-state index in [-0.39, 0.29) is 5.82 Å². The summed E-state index contributed by atoms with van der Waals surface area (Å²) < 4.78 is 13.0. The van der Waals surface area contributed by atoms with E-state index in [4.69, 9.17) is 0 Å². The van der Waals surface area contributed by atoms with Crippen molar-refractivity contribution in [3.05, 3.63) is 78.3 Å².